The van der Waals surface area contributed by atoms with Gasteiger partial charge in [-0.3, -0.25) is 4.79 Å². The third-order valence-electron chi connectivity index (χ3n) is 3.72. The first-order chi connectivity index (χ1) is 9.61. The van der Waals surface area contributed by atoms with Crippen LogP contribution in [0.15, 0.2) is 18.2 Å². The van der Waals surface area contributed by atoms with Crippen LogP contribution in [0.2, 0.25) is 0 Å². The lowest BCUT2D eigenvalue weighted by molar-refractivity contribution is 0.0782. The summed E-state index contributed by atoms with van der Waals surface area (Å²) >= 11 is 0. The standard InChI is InChI=1S/C15H22N2O3/c1-16(9-10-17-7-3-4-8-17)15(19)12-5-6-14(20-2)13(18)11-12/h5-6,11,18H,3-4,7-10H2,1-2H3. The number of methoxy groups -OCH3 is 1. The van der Waals surface area contributed by atoms with Gasteiger partial charge < -0.3 is 19.6 Å². The fraction of sp³-hybridized carbons (Fsp3) is 0.533. The normalized spacial score (nSPS) is 15.3. The molecule has 1 aromatic carbocycles. The fourth-order valence-electron chi connectivity index (χ4n) is 2.44. The van der Waals surface area contributed by atoms with Crippen molar-refractivity contribution in [2.45, 2.75) is 12.8 Å². The van der Waals surface area contributed by atoms with Gasteiger partial charge in [-0.15, -0.1) is 0 Å². The molecule has 1 heterocycles. The van der Waals surface area contributed by atoms with Crippen molar-refractivity contribution in [1.82, 2.24) is 9.80 Å². The Morgan fingerprint density at radius 2 is 2.10 bits per heavy atom. The van der Waals surface area contributed by atoms with Gasteiger partial charge in [0.15, 0.2) is 11.5 Å². The van der Waals surface area contributed by atoms with Crippen LogP contribution in [-0.4, -0.2) is 61.2 Å². The molecule has 110 valence electrons. The molecule has 0 aromatic heterocycles. The molecule has 1 aliphatic rings. The molecule has 5 nitrogen and oxygen atoms in total. The number of phenols is 1. The zero-order chi connectivity index (χ0) is 14.5. The predicted octanol–water partition coefficient (Wildman–Crippen LogP) is 1.57. The van der Waals surface area contributed by atoms with Crippen molar-refractivity contribution in [2.75, 3.05) is 40.3 Å². The number of hydrogen-bond acceptors (Lipinski definition) is 4. The van der Waals surface area contributed by atoms with Crippen LogP contribution in [0.4, 0.5) is 0 Å². The first kappa shape index (κ1) is 14.7. The van der Waals surface area contributed by atoms with E-state index < -0.39 is 0 Å². The quantitative estimate of drug-likeness (QED) is 0.888. The van der Waals surface area contributed by atoms with Crippen LogP contribution in [0.1, 0.15) is 23.2 Å². The molecule has 0 saturated carbocycles. The maximum Gasteiger partial charge on any atom is 0.253 e. The summed E-state index contributed by atoms with van der Waals surface area (Å²) in [5.74, 6) is 0.287. The summed E-state index contributed by atoms with van der Waals surface area (Å²) in [5.41, 5.74) is 0.479. The lowest BCUT2D eigenvalue weighted by Crippen LogP contribution is -2.35. The van der Waals surface area contributed by atoms with Crippen LogP contribution in [-0.2, 0) is 0 Å². The number of benzene rings is 1. The summed E-state index contributed by atoms with van der Waals surface area (Å²) in [6.45, 7) is 3.87. The Kier molecular flexibility index (Phi) is 4.84. The molecule has 0 unspecified atom stereocenters. The number of ether oxygens (including phenoxy) is 1. The van der Waals surface area contributed by atoms with E-state index in [0.29, 0.717) is 17.9 Å². The van der Waals surface area contributed by atoms with E-state index in [1.54, 1.807) is 24.1 Å². The molecule has 1 aromatic rings. The van der Waals surface area contributed by atoms with Crippen LogP contribution in [0.3, 0.4) is 0 Å². The number of nitrogens with zero attached hydrogens (tertiary/aromatic N) is 2. The summed E-state index contributed by atoms with van der Waals surface area (Å²) in [4.78, 5) is 16.3. The molecule has 1 N–H and O–H groups in total. The van der Waals surface area contributed by atoms with Crippen LogP contribution in [0, 0.1) is 0 Å². The third-order valence-corrected chi connectivity index (χ3v) is 3.72. The predicted molar refractivity (Wildman–Crippen MR) is 77.3 cm³/mol. The van der Waals surface area contributed by atoms with E-state index in [-0.39, 0.29) is 11.7 Å². The second kappa shape index (κ2) is 6.61. The van der Waals surface area contributed by atoms with Crippen molar-refractivity contribution in [3.05, 3.63) is 23.8 Å². The van der Waals surface area contributed by atoms with Gasteiger partial charge in [0.1, 0.15) is 0 Å². The van der Waals surface area contributed by atoms with E-state index >= 15 is 0 Å². The van der Waals surface area contributed by atoms with Crippen LogP contribution in [0.25, 0.3) is 0 Å². The van der Waals surface area contributed by atoms with E-state index in [1.807, 2.05) is 0 Å². The molecule has 0 spiro atoms. The largest absolute Gasteiger partial charge is 0.504 e. The summed E-state index contributed by atoms with van der Waals surface area (Å²) in [6, 6.07) is 4.73. The lowest BCUT2D eigenvalue weighted by atomic mass is 10.2. The number of amides is 1. The highest BCUT2D eigenvalue weighted by Crippen LogP contribution is 2.26. The Morgan fingerprint density at radius 3 is 2.70 bits per heavy atom. The molecule has 0 atom stereocenters. The number of rotatable bonds is 5. The molecule has 0 aliphatic carbocycles. The third kappa shape index (κ3) is 3.42. The number of carbonyl (C=O) groups is 1. The zero-order valence-corrected chi connectivity index (χ0v) is 12.1. The molecule has 1 saturated heterocycles. The highest BCUT2D eigenvalue weighted by molar-refractivity contribution is 5.94. The zero-order valence-electron chi connectivity index (χ0n) is 12.1. The molecule has 20 heavy (non-hydrogen) atoms. The minimum Gasteiger partial charge on any atom is -0.504 e. The second-order valence-electron chi connectivity index (χ2n) is 5.16. The Balaban J connectivity index is 1.93. The van der Waals surface area contributed by atoms with Crippen molar-refractivity contribution in [2.24, 2.45) is 0 Å². The molecule has 2 rings (SSSR count). The van der Waals surface area contributed by atoms with Crippen molar-refractivity contribution >= 4 is 5.91 Å². The Labute approximate surface area is 119 Å². The molecule has 1 amide bonds. The molecule has 5 heteroatoms. The molecule has 0 radical (unpaired) electrons. The maximum absolute atomic E-state index is 12.3. The van der Waals surface area contributed by atoms with E-state index in [0.717, 1.165) is 19.6 Å². The first-order valence-corrected chi connectivity index (χ1v) is 6.96. The van der Waals surface area contributed by atoms with Gasteiger partial charge in [0.05, 0.1) is 7.11 Å². The van der Waals surface area contributed by atoms with Gasteiger partial charge in [-0.25, -0.2) is 0 Å². The molecular weight excluding hydrogens is 256 g/mol. The van der Waals surface area contributed by atoms with E-state index in [1.165, 1.54) is 26.0 Å². The van der Waals surface area contributed by atoms with Crippen molar-refractivity contribution in [1.29, 1.82) is 0 Å². The molecule has 1 aliphatic heterocycles. The molecule has 0 bridgehead atoms. The van der Waals surface area contributed by atoms with Crippen LogP contribution < -0.4 is 4.74 Å². The van der Waals surface area contributed by atoms with Gasteiger partial charge >= 0.3 is 0 Å². The number of carbonyl (C=O) groups excluding carboxylic acids is 1. The first-order valence-electron chi connectivity index (χ1n) is 6.96. The minimum absolute atomic E-state index is 0.00806. The van der Waals surface area contributed by atoms with Crippen LogP contribution in [0.5, 0.6) is 11.5 Å². The Morgan fingerprint density at radius 1 is 1.40 bits per heavy atom. The number of likely N-dealkylation sites (tertiary alicyclic amines) is 1. The number of aromatic hydroxyl groups is 1. The topological polar surface area (TPSA) is 53.0 Å². The van der Waals surface area contributed by atoms with Crippen molar-refractivity contribution in [3.8, 4) is 11.5 Å². The Hall–Kier alpha value is -1.75. The number of hydrogen-bond donors (Lipinski definition) is 1. The Bertz CT molecular complexity index is 470. The average Bonchev–Trinajstić information content (AvgIpc) is 2.97. The van der Waals surface area contributed by atoms with Gasteiger partial charge in [-0.05, 0) is 44.1 Å². The highest BCUT2D eigenvalue weighted by atomic mass is 16.5. The smallest absolute Gasteiger partial charge is 0.253 e. The van der Waals surface area contributed by atoms with Gasteiger partial charge in [0, 0.05) is 25.7 Å². The lowest BCUT2D eigenvalue weighted by Gasteiger charge is -2.21. The monoisotopic (exact) mass is 278 g/mol. The van der Waals surface area contributed by atoms with E-state index in [4.69, 9.17) is 4.74 Å². The van der Waals surface area contributed by atoms with E-state index in [9.17, 15) is 9.90 Å². The van der Waals surface area contributed by atoms with Gasteiger partial charge in [0.2, 0.25) is 0 Å². The van der Waals surface area contributed by atoms with Gasteiger partial charge in [-0.2, -0.15) is 0 Å². The summed E-state index contributed by atoms with van der Waals surface area (Å²) < 4.78 is 4.97. The summed E-state index contributed by atoms with van der Waals surface area (Å²) in [6.07, 6.45) is 2.51. The van der Waals surface area contributed by atoms with E-state index in [2.05, 4.69) is 4.90 Å². The number of likely N-dealkylation sites (N-methyl/N-ethyl adjacent to an activating group) is 1. The highest BCUT2D eigenvalue weighted by Gasteiger charge is 2.16. The SMILES string of the molecule is COc1ccc(C(=O)N(C)CCN2CCCC2)cc1O. The number of phenolic OH excluding ortho intramolecular Hbond substituents is 1. The molecule has 1 fully saturated rings. The summed E-state index contributed by atoms with van der Waals surface area (Å²) in [7, 11) is 3.28. The van der Waals surface area contributed by atoms with Gasteiger partial charge in [-0.1, -0.05) is 0 Å². The van der Waals surface area contributed by atoms with Gasteiger partial charge in [0.25, 0.3) is 5.91 Å². The summed E-state index contributed by atoms with van der Waals surface area (Å²) in [5, 5.41) is 9.72. The van der Waals surface area contributed by atoms with Crippen LogP contribution >= 0.6 is 0 Å². The fourth-order valence-corrected chi connectivity index (χ4v) is 2.44. The average molecular weight is 278 g/mol. The van der Waals surface area contributed by atoms with Crippen molar-refractivity contribution < 1.29 is 14.6 Å². The minimum atomic E-state index is -0.0813. The van der Waals surface area contributed by atoms with Crippen molar-refractivity contribution in [3.63, 3.8) is 0 Å². The second-order valence-corrected chi connectivity index (χ2v) is 5.16. The maximum atomic E-state index is 12.3. The molecular formula is C15H22N2O3.